The lowest BCUT2D eigenvalue weighted by Crippen LogP contribution is -2.24. The predicted octanol–water partition coefficient (Wildman–Crippen LogP) is 3.33. The van der Waals surface area contributed by atoms with Gasteiger partial charge in [0.1, 0.15) is 11.4 Å². The van der Waals surface area contributed by atoms with Crippen molar-refractivity contribution < 1.29 is 9.84 Å². The van der Waals surface area contributed by atoms with Crippen molar-refractivity contribution in [3.05, 3.63) is 30.0 Å². The zero-order valence-electron chi connectivity index (χ0n) is 12.1. The fraction of sp³-hybridized carbons (Fsp3) is 0.400. The average molecular weight is 260 g/mol. The maximum atomic E-state index is 10.2. The molecule has 1 N–H and O–H groups in total. The van der Waals surface area contributed by atoms with Gasteiger partial charge in [0, 0.05) is 5.56 Å². The van der Waals surface area contributed by atoms with E-state index in [1.54, 1.807) is 7.11 Å². The molecule has 2 aromatic rings. The summed E-state index contributed by atoms with van der Waals surface area (Å²) in [4.78, 5) is 0. The van der Waals surface area contributed by atoms with Crippen LogP contribution in [0, 0.1) is 6.92 Å². The molecule has 0 saturated carbocycles. The van der Waals surface area contributed by atoms with Crippen molar-refractivity contribution in [3.63, 3.8) is 0 Å². The standard InChI is InChI=1S/C15H20N2O2/c1-10-14(18)13(16-17(10)15(2,3)4)11-6-8-12(19-5)9-7-11/h6-9,18H,1-5H3. The highest BCUT2D eigenvalue weighted by Crippen LogP contribution is 2.34. The summed E-state index contributed by atoms with van der Waals surface area (Å²) >= 11 is 0. The van der Waals surface area contributed by atoms with Crippen LogP contribution < -0.4 is 4.74 Å². The molecule has 1 heterocycles. The van der Waals surface area contributed by atoms with Gasteiger partial charge < -0.3 is 9.84 Å². The monoisotopic (exact) mass is 260 g/mol. The second-order valence-electron chi connectivity index (χ2n) is 5.59. The maximum absolute atomic E-state index is 10.2. The zero-order chi connectivity index (χ0) is 14.2. The molecular weight excluding hydrogens is 240 g/mol. The first-order valence-corrected chi connectivity index (χ1v) is 6.28. The molecule has 1 aromatic heterocycles. The molecule has 19 heavy (non-hydrogen) atoms. The Balaban J connectivity index is 2.50. The number of methoxy groups -OCH3 is 1. The van der Waals surface area contributed by atoms with Gasteiger partial charge in [0.15, 0.2) is 5.75 Å². The molecule has 0 amide bonds. The maximum Gasteiger partial charge on any atom is 0.164 e. The Labute approximate surface area is 113 Å². The Bertz CT molecular complexity index is 577. The van der Waals surface area contributed by atoms with Crippen LogP contribution in [0.25, 0.3) is 11.3 Å². The van der Waals surface area contributed by atoms with E-state index in [1.807, 2.05) is 35.9 Å². The summed E-state index contributed by atoms with van der Waals surface area (Å²) < 4.78 is 6.98. The molecule has 0 aliphatic carbocycles. The summed E-state index contributed by atoms with van der Waals surface area (Å²) in [6, 6.07) is 7.51. The van der Waals surface area contributed by atoms with Crippen LogP contribution in [0.4, 0.5) is 0 Å². The van der Waals surface area contributed by atoms with Gasteiger partial charge in [0.05, 0.1) is 18.3 Å². The van der Waals surface area contributed by atoms with E-state index in [4.69, 9.17) is 4.74 Å². The van der Waals surface area contributed by atoms with Crippen molar-refractivity contribution >= 4 is 0 Å². The number of hydrogen-bond donors (Lipinski definition) is 1. The van der Waals surface area contributed by atoms with Crippen molar-refractivity contribution in [2.24, 2.45) is 0 Å². The fourth-order valence-corrected chi connectivity index (χ4v) is 2.09. The first-order chi connectivity index (χ1) is 8.84. The van der Waals surface area contributed by atoms with Gasteiger partial charge in [0.2, 0.25) is 0 Å². The van der Waals surface area contributed by atoms with Crippen molar-refractivity contribution in [2.45, 2.75) is 33.2 Å². The SMILES string of the molecule is COc1ccc(-c2nn(C(C)(C)C)c(C)c2O)cc1. The number of aromatic nitrogens is 2. The van der Waals surface area contributed by atoms with E-state index in [1.165, 1.54) is 0 Å². The Morgan fingerprint density at radius 2 is 1.74 bits per heavy atom. The number of aromatic hydroxyl groups is 1. The van der Waals surface area contributed by atoms with Gasteiger partial charge in [-0.3, -0.25) is 4.68 Å². The molecule has 0 spiro atoms. The zero-order valence-corrected chi connectivity index (χ0v) is 12.1. The quantitative estimate of drug-likeness (QED) is 0.901. The summed E-state index contributed by atoms with van der Waals surface area (Å²) in [5, 5.41) is 14.8. The van der Waals surface area contributed by atoms with Crippen LogP contribution in [0.1, 0.15) is 26.5 Å². The minimum Gasteiger partial charge on any atom is -0.504 e. The summed E-state index contributed by atoms with van der Waals surface area (Å²) in [7, 11) is 1.63. The van der Waals surface area contributed by atoms with Crippen molar-refractivity contribution in [3.8, 4) is 22.8 Å². The first kappa shape index (κ1) is 13.5. The first-order valence-electron chi connectivity index (χ1n) is 6.28. The third-order valence-electron chi connectivity index (χ3n) is 3.08. The van der Waals surface area contributed by atoms with Gasteiger partial charge in [-0.05, 0) is 52.0 Å². The molecule has 0 atom stereocenters. The predicted molar refractivity (Wildman–Crippen MR) is 75.6 cm³/mol. The summed E-state index contributed by atoms with van der Waals surface area (Å²) in [6.45, 7) is 8.05. The number of hydrogen-bond acceptors (Lipinski definition) is 3. The van der Waals surface area contributed by atoms with Gasteiger partial charge in [-0.25, -0.2) is 0 Å². The van der Waals surface area contributed by atoms with Gasteiger partial charge in [-0.15, -0.1) is 0 Å². The second-order valence-corrected chi connectivity index (χ2v) is 5.59. The number of rotatable bonds is 2. The topological polar surface area (TPSA) is 47.3 Å². The number of ether oxygens (including phenoxy) is 1. The smallest absolute Gasteiger partial charge is 0.164 e. The average Bonchev–Trinajstić information content (AvgIpc) is 2.66. The molecule has 0 bridgehead atoms. The molecule has 0 radical (unpaired) electrons. The van der Waals surface area contributed by atoms with Crippen LogP contribution >= 0.6 is 0 Å². The van der Waals surface area contributed by atoms with Crippen LogP contribution in [0.5, 0.6) is 11.5 Å². The van der Waals surface area contributed by atoms with Crippen LogP contribution in [0.2, 0.25) is 0 Å². The van der Waals surface area contributed by atoms with Crippen molar-refractivity contribution in [1.29, 1.82) is 0 Å². The minimum absolute atomic E-state index is 0.160. The van der Waals surface area contributed by atoms with E-state index in [2.05, 4.69) is 25.9 Å². The van der Waals surface area contributed by atoms with Crippen LogP contribution in [0.15, 0.2) is 24.3 Å². The molecule has 0 saturated heterocycles. The molecule has 102 valence electrons. The lowest BCUT2D eigenvalue weighted by molar-refractivity contribution is 0.345. The lowest BCUT2D eigenvalue weighted by Gasteiger charge is -2.20. The van der Waals surface area contributed by atoms with Gasteiger partial charge >= 0.3 is 0 Å². The largest absolute Gasteiger partial charge is 0.504 e. The van der Waals surface area contributed by atoms with Gasteiger partial charge in [-0.1, -0.05) is 0 Å². The molecular formula is C15H20N2O2. The molecule has 4 heteroatoms. The van der Waals surface area contributed by atoms with E-state index in [9.17, 15) is 5.11 Å². The third-order valence-corrected chi connectivity index (χ3v) is 3.08. The molecule has 2 rings (SSSR count). The molecule has 1 aromatic carbocycles. The van der Waals surface area contributed by atoms with E-state index in [0.29, 0.717) is 5.69 Å². The lowest BCUT2D eigenvalue weighted by atomic mass is 10.1. The van der Waals surface area contributed by atoms with Crippen LogP contribution in [0.3, 0.4) is 0 Å². The van der Waals surface area contributed by atoms with Gasteiger partial charge in [0.25, 0.3) is 0 Å². The Morgan fingerprint density at radius 3 is 2.16 bits per heavy atom. The highest BCUT2D eigenvalue weighted by Gasteiger charge is 2.22. The molecule has 0 aliphatic heterocycles. The highest BCUT2D eigenvalue weighted by molar-refractivity contribution is 5.67. The summed E-state index contributed by atoms with van der Waals surface area (Å²) in [5.74, 6) is 1.02. The molecule has 0 fully saturated rings. The van der Waals surface area contributed by atoms with E-state index < -0.39 is 0 Å². The summed E-state index contributed by atoms with van der Waals surface area (Å²) in [5.41, 5.74) is 2.10. The van der Waals surface area contributed by atoms with Crippen molar-refractivity contribution in [1.82, 2.24) is 9.78 Å². The van der Waals surface area contributed by atoms with E-state index in [-0.39, 0.29) is 11.3 Å². The van der Waals surface area contributed by atoms with Gasteiger partial charge in [-0.2, -0.15) is 5.10 Å². The highest BCUT2D eigenvalue weighted by atomic mass is 16.5. The number of nitrogens with zero attached hydrogens (tertiary/aromatic N) is 2. The fourth-order valence-electron chi connectivity index (χ4n) is 2.09. The molecule has 0 unspecified atom stereocenters. The second kappa shape index (κ2) is 4.61. The third kappa shape index (κ3) is 2.43. The molecule has 0 aliphatic rings. The normalized spacial score (nSPS) is 11.6. The number of benzene rings is 1. The summed E-state index contributed by atoms with van der Waals surface area (Å²) in [6.07, 6.45) is 0. The van der Waals surface area contributed by atoms with E-state index >= 15 is 0 Å². The minimum atomic E-state index is -0.160. The Morgan fingerprint density at radius 1 is 1.16 bits per heavy atom. The van der Waals surface area contributed by atoms with Crippen LogP contribution in [-0.4, -0.2) is 22.0 Å². The molecule has 4 nitrogen and oxygen atoms in total. The Hall–Kier alpha value is -1.97. The van der Waals surface area contributed by atoms with E-state index in [0.717, 1.165) is 17.0 Å². The van der Waals surface area contributed by atoms with Crippen LogP contribution in [-0.2, 0) is 5.54 Å². The van der Waals surface area contributed by atoms with Crippen molar-refractivity contribution in [2.75, 3.05) is 7.11 Å². The Kier molecular flexibility index (Phi) is 3.27.